The van der Waals surface area contributed by atoms with Gasteiger partial charge in [0.2, 0.25) is 0 Å². The van der Waals surface area contributed by atoms with Crippen molar-refractivity contribution in [2.24, 2.45) is 7.05 Å². The van der Waals surface area contributed by atoms with Gasteiger partial charge >= 0.3 is 0 Å². The quantitative estimate of drug-likeness (QED) is 0.397. The number of nitrogens with one attached hydrogen (secondary N) is 1. The van der Waals surface area contributed by atoms with E-state index in [2.05, 4.69) is 17.0 Å². The van der Waals surface area contributed by atoms with Crippen LogP contribution in [0.15, 0.2) is 55.1 Å². The predicted octanol–water partition coefficient (Wildman–Crippen LogP) is 5.78. The maximum absolute atomic E-state index is 14.6. The van der Waals surface area contributed by atoms with Crippen LogP contribution in [0.2, 0.25) is 0 Å². The molecule has 0 bridgehead atoms. The van der Waals surface area contributed by atoms with Gasteiger partial charge in [0.05, 0.1) is 5.69 Å². The van der Waals surface area contributed by atoms with E-state index in [0.29, 0.717) is 0 Å². The van der Waals surface area contributed by atoms with Crippen LogP contribution >= 0.6 is 0 Å². The van der Waals surface area contributed by atoms with Crippen molar-refractivity contribution >= 4 is 5.69 Å². The number of rotatable bonds is 7. The number of aryl methyl sites for hydroxylation is 1. The molecule has 3 nitrogen and oxygen atoms in total. The molecule has 29 heavy (non-hydrogen) atoms. The molecule has 1 heterocycles. The summed E-state index contributed by atoms with van der Waals surface area (Å²) in [5, 5.41) is 6.54. The number of hydrogen-bond acceptors (Lipinski definition) is 2. The van der Waals surface area contributed by atoms with Crippen LogP contribution in [-0.4, -0.2) is 9.78 Å². The van der Waals surface area contributed by atoms with Gasteiger partial charge in [-0.1, -0.05) is 12.1 Å². The van der Waals surface area contributed by atoms with Crippen LogP contribution in [0.5, 0.6) is 0 Å². The Morgan fingerprint density at radius 1 is 1.07 bits per heavy atom. The smallest absolute Gasteiger partial charge is 0.294 e. The molecule has 0 fully saturated rings. The SMILES string of the molecule is C=CCC(F)(F)c1cc(-c2ccc(NCc3c(F)cccc3F)cc2F)n(C)n1. The van der Waals surface area contributed by atoms with Crippen LogP contribution in [0.4, 0.5) is 27.6 Å². The van der Waals surface area contributed by atoms with Gasteiger partial charge in [-0.2, -0.15) is 13.9 Å². The first-order chi connectivity index (χ1) is 13.7. The van der Waals surface area contributed by atoms with Crippen molar-refractivity contribution in [2.75, 3.05) is 5.32 Å². The normalized spacial score (nSPS) is 11.5. The number of benzene rings is 2. The van der Waals surface area contributed by atoms with E-state index in [1.165, 1.54) is 29.9 Å². The Hall–Kier alpha value is -3.16. The molecule has 1 N–H and O–H groups in total. The van der Waals surface area contributed by atoms with Crippen LogP contribution in [-0.2, 0) is 19.5 Å². The Labute approximate surface area is 164 Å². The number of anilines is 1. The molecule has 8 heteroatoms. The molecule has 1 aromatic heterocycles. The molecule has 0 radical (unpaired) electrons. The van der Waals surface area contributed by atoms with E-state index >= 15 is 0 Å². The maximum atomic E-state index is 14.6. The summed E-state index contributed by atoms with van der Waals surface area (Å²) in [5.74, 6) is -5.32. The molecule has 0 aliphatic heterocycles. The average molecular weight is 407 g/mol. The third-order valence-corrected chi connectivity index (χ3v) is 4.43. The Morgan fingerprint density at radius 3 is 2.38 bits per heavy atom. The van der Waals surface area contributed by atoms with Crippen molar-refractivity contribution in [3.05, 3.63) is 83.8 Å². The lowest BCUT2D eigenvalue weighted by Gasteiger charge is -2.10. The van der Waals surface area contributed by atoms with Gasteiger partial charge < -0.3 is 5.32 Å². The predicted molar refractivity (Wildman–Crippen MR) is 101 cm³/mol. The fourth-order valence-corrected chi connectivity index (χ4v) is 2.91. The third kappa shape index (κ3) is 4.31. The summed E-state index contributed by atoms with van der Waals surface area (Å²) in [6, 6.07) is 8.65. The summed E-state index contributed by atoms with van der Waals surface area (Å²) in [7, 11) is 1.44. The van der Waals surface area contributed by atoms with Crippen LogP contribution in [0, 0.1) is 17.5 Å². The fraction of sp³-hybridized carbons (Fsp3) is 0.190. The molecule has 0 amide bonds. The van der Waals surface area contributed by atoms with Gasteiger partial charge in [0.1, 0.15) is 23.1 Å². The molecule has 0 saturated carbocycles. The molecule has 152 valence electrons. The number of alkyl halides is 2. The molecule has 0 unspecified atom stereocenters. The second kappa shape index (κ2) is 8.06. The lowest BCUT2D eigenvalue weighted by Crippen LogP contribution is -2.13. The topological polar surface area (TPSA) is 29.9 Å². The van der Waals surface area contributed by atoms with Crippen LogP contribution in [0.3, 0.4) is 0 Å². The molecule has 0 atom stereocenters. The lowest BCUT2D eigenvalue weighted by molar-refractivity contribution is -0.00591. The van der Waals surface area contributed by atoms with Crippen molar-refractivity contribution in [3.63, 3.8) is 0 Å². The fourth-order valence-electron chi connectivity index (χ4n) is 2.91. The van der Waals surface area contributed by atoms with Crippen molar-refractivity contribution < 1.29 is 22.0 Å². The third-order valence-electron chi connectivity index (χ3n) is 4.43. The van der Waals surface area contributed by atoms with Gasteiger partial charge in [-0.05, 0) is 36.4 Å². The van der Waals surface area contributed by atoms with Gasteiger partial charge in [0.25, 0.3) is 5.92 Å². The number of allylic oxidation sites excluding steroid dienone is 1. The Kier molecular flexibility index (Phi) is 5.72. The van der Waals surface area contributed by atoms with Crippen LogP contribution in [0.25, 0.3) is 11.3 Å². The van der Waals surface area contributed by atoms with Gasteiger partial charge in [0.15, 0.2) is 0 Å². The largest absolute Gasteiger partial charge is 0.381 e. The van der Waals surface area contributed by atoms with E-state index in [1.807, 2.05) is 0 Å². The van der Waals surface area contributed by atoms with Gasteiger partial charge in [-0.15, -0.1) is 6.58 Å². The number of halogens is 5. The highest BCUT2D eigenvalue weighted by Crippen LogP contribution is 2.34. The first kappa shape index (κ1) is 20.6. The number of nitrogens with zero attached hydrogens (tertiary/aromatic N) is 2. The maximum Gasteiger partial charge on any atom is 0.294 e. The van der Waals surface area contributed by atoms with Crippen molar-refractivity contribution in [2.45, 2.75) is 18.9 Å². The molecule has 3 rings (SSSR count). The average Bonchev–Trinajstić information content (AvgIpc) is 3.04. The van der Waals surface area contributed by atoms with Gasteiger partial charge in [-0.3, -0.25) is 4.68 Å². The molecule has 2 aromatic carbocycles. The van der Waals surface area contributed by atoms with Crippen LogP contribution < -0.4 is 5.32 Å². The molecule has 0 aliphatic rings. The molecule has 3 aromatic rings. The zero-order valence-electron chi connectivity index (χ0n) is 15.5. The zero-order valence-corrected chi connectivity index (χ0v) is 15.5. The summed E-state index contributed by atoms with van der Waals surface area (Å²) >= 11 is 0. The molecule has 0 saturated heterocycles. The summed E-state index contributed by atoms with van der Waals surface area (Å²) in [5.41, 5.74) is -0.117. The summed E-state index contributed by atoms with van der Waals surface area (Å²) in [6.07, 6.45) is 0.509. The number of hydrogen-bond donors (Lipinski definition) is 1. The summed E-state index contributed by atoms with van der Waals surface area (Å²) < 4.78 is 71.3. The first-order valence-electron chi connectivity index (χ1n) is 8.73. The van der Waals surface area contributed by atoms with E-state index in [9.17, 15) is 22.0 Å². The minimum Gasteiger partial charge on any atom is -0.381 e. The molecular formula is C21H18F5N3. The standard InChI is InChI=1S/C21H18F5N3/c1-3-9-21(25,26)20-11-19(29(2)28-20)14-8-7-13(10-18(14)24)27-12-15-16(22)5-4-6-17(15)23/h3-8,10-11,27H,1,9,12H2,2H3. The molecule has 0 spiro atoms. The first-order valence-corrected chi connectivity index (χ1v) is 8.73. The van der Waals surface area contributed by atoms with Gasteiger partial charge in [0, 0.05) is 36.8 Å². The van der Waals surface area contributed by atoms with Crippen molar-refractivity contribution in [3.8, 4) is 11.3 Å². The van der Waals surface area contributed by atoms with Crippen molar-refractivity contribution in [1.29, 1.82) is 0 Å². The Bertz CT molecular complexity index is 1020. The minimum absolute atomic E-state index is 0.0725. The summed E-state index contributed by atoms with van der Waals surface area (Å²) in [4.78, 5) is 0. The van der Waals surface area contributed by atoms with E-state index in [-0.39, 0.29) is 29.1 Å². The monoisotopic (exact) mass is 407 g/mol. The van der Waals surface area contributed by atoms with Crippen molar-refractivity contribution in [1.82, 2.24) is 9.78 Å². The lowest BCUT2D eigenvalue weighted by atomic mass is 10.1. The Morgan fingerprint density at radius 2 is 1.76 bits per heavy atom. The highest BCUT2D eigenvalue weighted by Gasteiger charge is 2.34. The number of aromatic nitrogens is 2. The molecular weight excluding hydrogens is 389 g/mol. The van der Waals surface area contributed by atoms with Gasteiger partial charge in [-0.25, -0.2) is 13.2 Å². The van der Waals surface area contributed by atoms with E-state index in [0.717, 1.165) is 30.3 Å². The minimum atomic E-state index is -3.21. The van der Waals surface area contributed by atoms with Crippen LogP contribution in [0.1, 0.15) is 17.7 Å². The second-order valence-corrected chi connectivity index (χ2v) is 6.48. The highest BCUT2D eigenvalue weighted by atomic mass is 19.3. The van der Waals surface area contributed by atoms with E-state index < -0.39 is 35.5 Å². The Balaban J connectivity index is 1.83. The summed E-state index contributed by atoms with van der Waals surface area (Å²) in [6.45, 7) is 3.12. The zero-order chi connectivity index (χ0) is 21.2. The second-order valence-electron chi connectivity index (χ2n) is 6.48. The van der Waals surface area contributed by atoms with E-state index in [4.69, 9.17) is 0 Å². The molecule has 0 aliphatic carbocycles. The van der Waals surface area contributed by atoms with E-state index in [1.54, 1.807) is 0 Å². The highest BCUT2D eigenvalue weighted by molar-refractivity contribution is 5.64.